The average molecular weight is 321 g/mol. The van der Waals surface area contributed by atoms with Gasteiger partial charge in [0.2, 0.25) is 5.91 Å². The highest BCUT2D eigenvalue weighted by Crippen LogP contribution is 2.27. The van der Waals surface area contributed by atoms with Crippen LogP contribution in [0.15, 0.2) is 32.5 Å². The van der Waals surface area contributed by atoms with E-state index in [0.29, 0.717) is 16.9 Å². The highest BCUT2D eigenvalue weighted by Gasteiger charge is 2.24. The maximum Gasteiger partial charge on any atom is 0.284 e. The monoisotopic (exact) mass is 321 g/mol. The molecular weight excluding hydrogens is 302 g/mol. The van der Waals surface area contributed by atoms with Crippen molar-refractivity contribution in [3.63, 3.8) is 0 Å². The first-order valence-corrected chi connectivity index (χ1v) is 8.45. The predicted octanol–water partition coefficient (Wildman–Crippen LogP) is 3.21. The number of carbonyl (C=O) groups is 1. The molecule has 0 aromatic carbocycles. The predicted molar refractivity (Wildman–Crippen MR) is 82.4 cm³/mol. The SMILES string of the molecule is C[C@@H](Sc1nnc(-c2ccco2)o1)C(=O)N1CCCCCC1. The Morgan fingerprint density at radius 2 is 2.05 bits per heavy atom. The van der Waals surface area contributed by atoms with Gasteiger partial charge in [-0.15, -0.1) is 10.2 Å². The number of amides is 1. The molecule has 1 saturated heterocycles. The van der Waals surface area contributed by atoms with Crippen LogP contribution in [-0.2, 0) is 4.79 Å². The molecule has 7 heteroatoms. The Morgan fingerprint density at radius 3 is 2.73 bits per heavy atom. The van der Waals surface area contributed by atoms with Gasteiger partial charge in [-0.3, -0.25) is 4.79 Å². The number of nitrogens with zero attached hydrogens (tertiary/aromatic N) is 3. The lowest BCUT2D eigenvalue weighted by Crippen LogP contribution is -2.37. The van der Waals surface area contributed by atoms with Gasteiger partial charge in [0.25, 0.3) is 11.1 Å². The smallest absolute Gasteiger partial charge is 0.284 e. The lowest BCUT2D eigenvalue weighted by Gasteiger charge is -2.23. The van der Waals surface area contributed by atoms with Crippen LogP contribution in [0.2, 0.25) is 0 Å². The summed E-state index contributed by atoms with van der Waals surface area (Å²) in [4.78, 5) is 14.4. The van der Waals surface area contributed by atoms with Crippen LogP contribution in [0.1, 0.15) is 32.6 Å². The Morgan fingerprint density at radius 1 is 1.27 bits per heavy atom. The van der Waals surface area contributed by atoms with Crippen LogP contribution in [-0.4, -0.2) is 39.3 Å². The molecule has 0 saturated carbocycles. The number of thioether (sulfide) groups is 1. The van der Waals surface area contributed by atoms with Gasteiger partial charge < -0.3 is 13.7 Å². The molecule has 22 heavy (non-hydrogen) atoms. The summed E-state index contributed by atoms with van der Waals surface area (Å²) in [7, 11) is 0. The van der Waals surface area contributed by atoms with E-state index in [4.69, 9.17) is 8.83 Å². The van der Waals surface area contributed by atoms with Crippen molar-refractivity contribution in [3.8, 4) is 11.7 Å². The number of carbonyl (C=O) groups excluding carboxylic acids is 1. The summed E-state index contributed by atoms with van der Waals surface area (Å²) in [5.74, 6) is 1.01. The molecule has 1 aliphatic heterocycles. The maximum atomic E-state index is 12.5. The highest BCUT2D eigenvalue weighted by molar-refractivity contribution is 8.00. The molecule has 3 rings (SSSR count). The summed E-state index contributed by atoms with van der Waals surface area (Å²) >= 11 is 1.30. The number of hydrogen-bond acceptors (Lipinski definition) is 6. The molecule has 1 aliphatic rings. The maximum absolute atomic E-state index is 12.5. The first-order chi connectivity index (χ1) is 10.7. The zero-order chi connectivity index (χ0) is 15.4. The van der Waals surface area contributed by atoms with E-state index in [9.17, 15) is 4.79 Å². The zero-order valence-electron chi connectivity index (χ0n) is 12.5. The van der Waals surface area contributed by atoms with E-state index >= 15 is 0 Å². The van der Waals surface area contributed by atoms with E-state index in [1.54, 1.807) is 18.4 Å². The normalized spacial score (nSPS) is 17.2. The van der Waals surface area contributed by atoms with Crippen LogP contribution in [0, 0.1) is 0 Å². The second kappa shape index (κ2) is 7.00. The Hall–Kier alpha value is -1.76. The Bertz CT molecular complexity index is 603. The summed E-state index contributed by atoms with van der Waals surface area (Å²) in [5.41, 5.74) is 0. The van der Waals surface area contributed by atoms with E-state index in [1.807, 2.05) is 11.8 Å². The molecule has 0 unspecified atom stereocenters. The summed E-state index contributed by atoms with van der Waals surface area (Å²) in [6, 6.07) is 3.52. The van der Waals surface area contributed by atoms with Gasteiger partial charge in [0, 0.05) is 13.1 Å². The van der Waals surface area contributed by atoms with Crippen molar-refractivity contribution in [2.45, 2.75) is 43.1 Å². The van der Waals surface area contributed by atoms with Crippen molar-refractivity contribution in [1.29, 1.82) is 0 Å². The van der Waals surface area contributed by atoms with Crippen LogP contribution < -0.4 is 0 Å². The Balaban J connectivity index is 1.61. The van der Waals surface area contributed by atoms with Crippen LogP contribution in [0.3, 0.4) is 0 Å². The number of likely N-dealkylation sites (tertiary alicyclic amines) is 1. The van der Waals surface area contributed by atoms with E-state index in [0.717, 1.165) is 25.9 Å². The third kappa shape index (κ3) is 3.52. The molecule has 2 aromatic rings. The van der Waals surface area contributed by atoms with Crippen LogP contribution >= 0.6 is 11.8 Å². The molecule has 1 fully saturated rings. The van der Waals surface area contributed by atoms with Crippen LogP contribution in [0.4, 0.5) is 0 Å². The van der Waals surface area contributed by atoms with Crippen molar-refractivity contribution in [1.82, 2.24) is 15.1 Å². The fraction of sp³-hybridized carbons (Fsp3) is 0.533. The van der Waals surface area contributed by atoms with E-state index < -0.39 is 0 Å². The molecule has 1 atom stereocenters. The minimum absolute atomic E-state index is 0.143. The minimum atomic E-state index is -0.233. The van der Waals surface area contributed by atoms with Crippen molar-refractivity contribution >= 4 is 17.7 Å². The van der Waals surface area contributed by atoms with Gasteiger partial charge >= 0.3 is 0 Å². The molecule has 0 aliphatic carbocycles. The van der Waals surface area contributed by atoms with Gasteiger partial charge in [-0.05, 0) is 31.9 Å². The molecule has 0 N–H and O–H groups in total. The van der Waals surface area contributed by atoms with Gasteiger partial charge in [-0.25, -0.2) is 0 Å². The second-order valence-corrected chi connectivity index (χ2v) is 6.64. The molecule has 1 amide bonds. The van der Waals surface area contributed by atoms with Crippen LogP contribution in [0.25, 0.3) is 11.7 Å². The zero-order valence-corrected chi connectivity index (χ0v) is 13.3. The quantitative estimate of drug-likeness (QED) is 0.805. The van der Waals surface area contributed by atoms with E-state index in [1.165, 1.54) is 24.6 Å². The largest absolute Gasteiger partial charge is 0.459 e. The van der Waals surface area contributed by atoms with Gasteiger partial charge in [-0.2, -0.15) is 0 Å². The average Bonchev–Trinajstić information content (AvgIpc) is 3.13. The fourth-order valence-electron chi connectivity index (χ4n) is 2.51. The van der Waals surface area contributed by atoms with Gasteiger partial charge in [0.1, 0.15) is 0 Å². The third-order valence-corrected chi connectivity index (χ3v) is 4.60. The molecular formula is C15H19N3O3S. The van der Waals surface area contributed by atoms with Crippen LogP contribution in [0.5, 0.6) is 0 Å². The molecule has 0 bridgehead atoms. The molecule has 3 heterocycles. The molecule has 6 nitrogen and oxygen atoms in total. The number of aromatic nitrogens is 2. The van der Waals surface area contributed by atoms with Gasteiger partial charge in [0.15, 0.2) is 5.76 Å². The third-order valence-electron chi connectivity index (χ3n) is 3.68. The minimum Gasteiger partial charge on any atom is -0.459 e. The first kappa shape index (κ1) is 15.1. The molecule has 2 aromatic heterocycles. The molecule has 118 valence electrons. The summed E-state index contributed by atoms with van der Waals surface area (Å²) in [6.07, 6.45) is 6.15. The second-order valence-electron chi connectivity index (χ2n) is 5.35. The standard InChI is InChI=1S/C15H19N3O3S/c1-11(14(19)18-8-4-2-3-5-9-18)22-15-17-16-13(21-15)12-7-6-10-20-12/h6-7,10-11H,2-5,8-9H2,1H3/t11-/m1/s1. The Labute approximate surface area is 133 Å². The van der Waals surface area contributed by atoms with Crippen molar-refractivity contribution < 1.29 is 13.6 Å². The number of hydrogen-bond donors (Lipinski definition) is 0. The molecule has 0 radical (unpaired) electrons. The molecule has 0 spiro atoms. The van der Waals surface area contributed by atoms with Gasteiger partial charge in [-0.1, -0.05) is 24.6 Å². The van der Waals surface area contributed by atoms with Crippen molar-refractivity contribution in [2.75, 3.05) is 13.1 Å². The summed E-state index contributed by atoms with van der Waals surface area (Å²) in [5, 5.41) is 8.07. The van der Waals surface area contributed by atoms with Gasteiger partial charge in [0.05, 0.1) is 11.5 Å². The summed E-state index contributed by atoms with van der Waals surface area (Å²) in [6.45, 7) is 3.59. The lowest BCUT2D eigenvalue weighted by atomic mass is 10.2. The van der Waals surface area contributed by atoms with E-state index in [2.05, 4.69) is 10.2 Å². The lowest BCUT2D eigenvalue weighted by molar-refractivity contribution is -0.130. The topological polar surface area (TPSA) is 72.4 Å². The van der Waals surface area contributed by atoms with E-state index in [-0.39, 0.29) is 11.2 Å². The number of furan rings is 1. The highest BCUT2D eigenvalue weighted by atomic mass is 32.2. The van der Waals surface area contributed by atoms with Crippen molar-refractivity contribution in [3.05, 3.63) is 18.4 Å². The van der Waals surface area contributed by atoms with Crippen molar-refractivity contribution in [2.24, 2.45) is 0 Å². The Kier molecular flexibility index (Phi) is 4.82. The first-order valence-electron chi connectivity index (χ1n) is 7.57. The number of rotatable bonds is 4. The fourth-order valence-corrected chi connectivity index (χ4v) is 3.27. The summed E-state index contributed by atoms with van der Waals surface area (Å²) < 4.78 is 10.8.